The molecule has 2 amide bonds. The summed E-state index contributed by atoms with van der Waals surface area (Å²) in [5, 5.41) is 11.6. The highest BCUT2D eigenvalue weighted by Crippen LogP contribution is 2.43. The van der Waals surface area contributed by atoms with Crippen LogP contribution in [-0.2, 0) is 32.0 Å². The van der Waals surface area contributed by atoms with Crippen LogP contribution in [0.1, 0.15) is 80.6 Å². The van der Waals surface area contributed by atoms with Crippen LogP contribution in [0.25, 0.3) is 0 Å². The lowest BCUT2D eigenvalue weighted by atomic mass is 9.83. The topological polar surface area (TPSA) is 111 Å². The molecule has 1 N–H and O–H groups in total. The Morgan fingerprint density at radius 1 is 1.17 bits per heavy atom. The molecule has 1 fully saturated rings. The molecule has 1 saturated heterocycles. The first-order chi connectivity index (χ1) is 20.1. The number of fused-ring (bicyclic) bond motifs is 3. The predicted molar refractivity (Wildman–Crippen MR) is 148 cm³/mol. The molecule has 3 aliphatic heterocycles. The van der Waals surface area contributed by atoms with Crippen LogP contribution in [0.15, 0.2) is 36.5 Å². The lowest BCUT2D eigenvalue weighted by molar-refractivity contribution is -0.136. The molecule has 0 radical (unpaired) electrons. The number of carbonyl (C=O) groups is 2. The van der Waals surface area contributed by atoms with Gasteiger partial charge in [0, 0.05) is 69.6 Å². The summed E-state index contributed by atoms with van der Waals surface area (Å²) in [7, 11) is 1.58. The van der Waals surface area contributed by atoms with Crippen LogP contribution in [0.2, 0.25) is 0 Å². The molecular formula is C30H34F2N6O4. The number of nitrogens with zero attached hydrogens (tertiary/aromatic N) is 5. The van der Waals surface area contributed by atoms with E-state index in [1.54, 1.807) is 24.3 Å². The number of carbonyl (C=O) groups excluding carboxylic acids is 2. The van der Waals surface area contributed by atoms with Gasteiger partial charge in [-0.15, -0.1) is 10.2 Å². The Bertz CT molecular complexity index is 1520. The van der Waals surface area contributed by atoms with Crippen LogP contribution < -0.4 is 5.32 Å². The van der Waals surface area contributed by atoms with Crippen molar-refractivity contribution in [3.8, 4) is 0 Å². The van der Waals surface area contributed by atoms with Crippen molar-refractivity contribution in [2.45, 2.75) is 75.5 Å². The number of piperidine rings is 1. The van der Waals surface area contributed by atoms with E-state index < -0.39 is 28.9 Å². The summed E-state index contributed by atoms with van der Waals surface area (Å²) in [6.07, 6.45) is 3.28. The largest absolute Gasteiger partial charge is 0.437 e. The van der Waals surface area contributed by atoms with E-state index >= 15 is 0 Å². The quantitative estimate of drug-likeness (QED) is 0.454. The molecule has 1 spiro atoms. The van der Waals surface area contributed by atoms with Crippen molar-refractivity contribution in [3.05, 3.63) is 70.9 Å². The third-order valence-corrected chi connectivity index (χ3v) is 9.03. The molecule has 1 unspecified atom stereocenters. The van der Waals surface area contributed by atoms with Gasteiger partial charge >= 0.3 is 6.09 Å². The second-order valence-corrected chi connectivity index (χ2v) is 11.8. The third kappa shape index (κ3) is 4.91. The minimum absolute atomic E-state index is 0.0426. The first-order valence-electron chi connectivity index (χ1n) is 14.3. The number of hydrogen-bond donors (Lipinski definition) is 1. The number of amides is 2. The Labute approximate surface area is 242 Å². The number of rotatable bonds is 5. The Hall–Kier alpha value is -3.93. The summed E-state index contributed by atoms with van der Waals surface area (Å²) in [5.41, 5.74) is -0.491. The minimum Gasteiger partial charge on any atom is -0.437 e. The number of aromatic nitrogens is 4. The second kappa shape index (κ2) is 10.7. The molecule has 12 heteroatoms. The zero-order valence-corrected chi connectivity index (χ0v) is 23.9. The number of likely N-dealkylation sites (tertiary alicyclic amines) is 1. The molecule has 5 heterocycles. The number of anilines is 1. The Morgan fingerprint density at radius 3 is 2.71 bits per heavy atom. The smallest absolute Gasteiger partial charge is 0.413 e. The van der Waals surface area contributed by atoms with E-state index in [9.17, 15) is 18.4 Å². The van der Waals surface area contributed by atoms with Gasteiger partial charge in [-0.1, -0.05) is 12.1 Å². The predicted octanol–water partition coefficient (Wildman–Crippen LogP) is 4.96. The monoisotopic (exact) mass is 580 g/mol. The molecule has 0 saturated carbocycles. The molecule has 3 aromatic rings. The molecule has 42 heavy (non-hydrogen) atoms. The number of halogens is 2. The summed E-state index contributed by atoms with van der Waals surface area (Å²) in [6.45, 7) is 4.92. The van der Waals surface area contributed by atoms with Crippen LogP contribution in [0.4, 0.5) is 19.4 Å². The molecule has 6 rings (SSSR count). The molecule has 222 valence electrons. The normalized spacial score (nSPS) is 21.6. The lowest BCUT2D eigenvalue weighted by Gasteiger charge is -2.43. The molecule has 0 aliphatic carbocycles. The Balaban J connectivity index is 1.23. The van der Waals surface area contributed by atoms with Gasteiger partial charge in [-0.25, -0.2) is 18.6 Å². The summed E-state index contributed by atoms with van der Waals surface area (Å²) in [5.74, 6) is -0.679. The van der Waals surface area contributed by atoms with Crippen molar-refractivity contribution >= 4 is 17.8 Å². The van der Waals surface area contributed by atoms with Crippen molar-refractivity contribution in [2.75, 3.05) is 25.5 Å². The fraction of sp³-hybridized carbons (Fsp3) is 0.500. The Kier molecular flexibility index (Phi) is 7.20. The van der Waals surface area contributed by atoms with Crippen LogP contribution in [0.3, 0.4) is 0 Å². The molecule has 0 bridgehead atoms. The van der Waals surface area contributed by atoms with Gasteiger partial charge in [-0.2, -0.15) is 0 Å². The Morgan fingerprint density at radius 2 is 1.95 bits per heavy atom. The fourth-order valence-electron chi connectivity index (χ4n) is 6.52. The maximum absolute atomic E-state index is 14.9. The van der Waals surface area contributed by atoms with Gasteiger partial charge in [-0.05, 0) is 50.5 Å². The van der Waals surface area contributed by atoms with Gasteiger partial charge in [0.2, 0.25) is 5.91 Å². The number of methoxy groups -OCH3 is 1. The first kappa shape index (κ1) is 28.2. The van der Waals surface area contributed by atoms with Crippen molar-refractivity contribution in [3.63, 3.8) is 0 Å². The van der Waals surface area contributed by atoms with Crippen molar-refractivity contribution in [2.24, 2.45) is 0 Å². The van der Waals surface area contributed by atoms with E-state index in [2.05, 4.69) is 20.5 Å². The average molecular weight is 581 g/mol. The number of nitrogens with one attached hydrogen (secondary N) is 1. The van der Waals surface area contributed by atoms with Crippen molar-refractivity contribution in [1.29, 1.82) is 0 Å². The standard InChI is InChI=1S/C30H34F2N6O4/c1-29(2,41-3)27-36-35-26-18(9-10-19(17-38(26)27)20-6-4-8-22(31)24(20)32)16-23(39)37-14-11-30(12-15-37)21-7-5-13-33-25(21)34-28(40)42-30/h4-8,13,18-19H,9-12,14-17H2,1-3H3,(H,33,34,40)/t18?,19-/m0/s1. The fourth-order valence-corrected chi connectivity index (χ4v) is 6.52. The average Bonchev–Trinajstić information content (AvgIpc) is 3.32. The first-order valence-corrected chi connectivity index (χ1v) is 14.3. The van der Waals surface area contributed by atoms with Crippen molar-refractivity contribution < 1.29 is 27.8 Å². The summed E-state index contributed by atoms with van der Waals surface area (Å²) >= 11 is 0. The highest BCUT2D eigenvalue weighted by molar-refractivity contribution is 5.87. The maximum Gasteiger partial charge on any atom is 0.413 e. The van der Waals surface area contributed by atoms with E-state index in [1.165, 1.54) is 6.07 Å². The summed E-state index contributed by atoms with van der Waals surface area (Å²) < 4.78 is 42.5. The van der Waals surface area contributed by atoms with Gasteiger partial charge in [0.15, 0.2) is 17.5 Å². The molecule has 2 atom stereocenters. The van der Waals surface area contributed by atoms with E-state index in [1.807, 2.05) is 30.5 Å². The summed E-state index contributed by atoms with van der Waals surface area (Å²) in [6, 6.07) is 7.95. The number of ether oxygens (including phenoxy) is 2. The number of pyridine rings is 1. The zero-order chi connectivity index (χ0) is 29.6. The van der Waals surface area contributed by atoms with E-state index in [4.69, 9.17) is 9.47 Å². The van der Waals surface area contributed by atoms with Gasteiger partial charge in [-0.3, -0.25) is 10.1 Å². The molecule has 1 aromatic carbocycles. The van der Waals surface area contributed by atoms with Gasteiger partial charge in [0.25, 0.3) is 0 Å². The summed E-state index contributed by atoms with van der Waals surface area (Å²) in [4.78, 5) is 32.0. The van der Waals surface area contributed by atoms with Crippen LogP contribution in [-0.4, -0.2) is 56.8 Å². The zero-order valence-electron chi connectivity index (χ0n) is 23.9. The van der Waals surface area contributed by atoms with Gasteiger partial charge in [0.05, 0.1) is 0 Å². The lowest BCUT2D eigenvalue weighted by Crippen LogP contribution is -2.50. The van der Waals surface area contributed by atoms with Gasteiger partial charge in [0.1, 0.15) is 22.8 Å². The molecule has 10 nitrogen and oxygen atoms in total. The van der Waals surface area contributed by atoms with Crippen LogP contribution in [0.5, 0.6) is 0 Å². The van der Waals surface area contributed by atoms with Crippen LogP contribution >= 0.6 is 0 Å². The number of benzene rings is 1. The SMILES string of the molecule is COC(C)(C)c1nnc2n1C[C@@H](c1cccc(F)c1F)CCC2CC(=O)N1CCC2(CC1)OC(=O)Nc1ncccc12. The van der Waals surface area contributed by atoms with Crippen LogP contribution in [0, 0.1) is 11.6 Å². The third-order valence-electron chi connectivity index (χ3n) is 9.03. The minimum atomic E-state index is -0.884. The highest BCUT2D eigenvalue weighted by Gasteiger charge is 2.46. The van der Waals surface area contributed by atoms with E-state index in [-0.39, 0.29) is 24.2 Å². The van der Waals surface area contributed by atoms with Crippen molar-refractivity contribution in [1.82, 2.24) is 24.6 Å². The highest BCUT2D eigenvalue weighted by atomic mass is 19.2. The van der Waals surface area contributed by atoms with E-state index in [0.717, 1.165) is 11.6 Å². The second-order valence-electron chi connectivity index (χ2n) is 11.8. The van der Waals surface area contributed by atoms with E-state index in [0.29, 0.717) is 68.3 Å². The molecule has 2 aromatic heterocycles. The molecule has 3 aliphatic rings. The maximum atomic E-state index is 14.9. The number of hydrogen-bond acceptors (Lipinski definition) is 7. The molecular weight excluding hydrogens is 546 g/mol. The van der Waals surface area contributed by atoms with Gasteiger partial charge < -0.3 is 18.9 Å².